The zero-order valence-electron chi connectivity index (χ0n) is 35.4. The summed E-state index contributed by atoms with van der Waals surface area (Å²) in [5.41, 5.74) is 15.5. The van der Waals surface area contributed by atoms with Crippen molar-refractivity contribution in [3.8, 4) is 39.1 Å². The molecule has 0 saturated carbocycles. The monoisotopic (exact) mass is 828 g/mol. The normalized spacial score (nSPS) is 11.7. The Bertz CT molecular complexity index is 3860. The van der Waals surface area contributed by atoms with Crippen molar-refractivity contribution >= 4 is 82.4 Å². The van der Waals surface area contributed by atoms with E-state index in [0.717, 1.165) is 66.9 Å². The minimum absolute atomic E-state index is 0.889. The van der Waals surface area contributed by atoms with Crippen molar-refractivity contribution in [2.75, 3.05) is 4.90 Å². The molecule has 0 bridgehead atoms. The lowest BCUT2D eigenvalue weighted by Crippen LogP contribution is -2.10. The Morgan fingerprint density at radius 3 is 1.46 bits per heavy atom. The van der Waals surface area contributed by atoms with Gasteiger partial charge in [0, 0.05) is 49.9 Å². The summed E-state index contributed by atoms with van der Waals surface area (Å²) in [6.07, 6.45) is 0. The molecule has 0 spiro atoms. The molecule has 0 saturated heterocycles. The van der Waals surface area contributed by atoms with Crippen LogP contribution in [0.4, 0.5) is 17.1 Å². The van der Waals surface area contributed by atoms with Gasteiger partial charge in [-0.1, -0.05) is 164 Å². The summed E-state index contributed by atoms with van der Waals surface area (Å²) in [6.45, 7) is 0. The lowest BCUT2D eigenvalue weighted by molar-refractivity contribution is 0.670. The maximum absolute atomic E-state index is 6.52. The van der Waals surface area contributed by atoms with E-state index in [1.165, 1.54) is 54.5 Å². The van der Waals surface area contributed by atoms with Crippen molar-refractivity contribution in [3.63, 3.8) is 0 Å². The van der Waals surface area contributed by atoms with Crippen LogP contribution in [0.2, 0.25) is 0 Å². The number of para-hydroxylation sites is 3. The number of benzene rings is 11. The Kier molecular flexibility index (Phi) is 8.53. The number of hydrogen-bond acceptors (Lipinski definition) is 2. The third-order valence-electron chi connectivity index (χ3n) is 13.2. The van der Waals surface area contributed by atoms with E-state index in [1.807, 2.05) is 6.07 Å². The predicted molar refractivity (Wildman–Crippen MR) is 274 cm³/mol. The standard InChI is InChI=1S/C62H40N2O/c1-2-11-43(12-3-1)53-17-10-18-56-58-40-47(29-38-61(58)65-62(53)56)42-27-32-49(33-28-42)63(50-34-36-51(37-35-50)64-59-19-8-6-15-54(59)55-16-7-9-20-60(55)64)48-30-25-41(26-31-48)46-24-23-45-22-21-44-13-4-5-14-52(44)57(45)39-46/h1-40H. The molecule has 0 aliphatic heterocycles. The Hall–Kier alpha value is -8.66. The van der Waals surface area contributed by atoms with Crippen LogP contribution < -0.4 is 4.90 Å². The molecule has 0 atom stereocenters. The summed E-state index contributed by atoms with van der Waals surface area (Å²) in [5.74, 6) is 0. The summed E-state index contributed by atoms with van der Waals surface area (Å²) in [6, 6.07) is 87.6. The molecule has 0 aliphatic rings. The van der Waals surface area contributed by atoms with Gasteiger partial charge in [0.25, 0.3) is 0 Å². The van der Waals surface area contributed by atoms with Gasteiger partial charge in [-0.3, -0.25) is 0 Å². The topological polar surface area (TPSA) is 21.3 Å². The van der Waals surface area contributed by atoms with Crippen LogP contribution in [0.5, 0.6) is 0 Å². The van der Waals surface area contributed by atoms with E-state index >= 15 is 0 Å². The Morgan fingerprint density at radius 2 is 0.800 bits per heavy atom. The van der Waals surface area contributed by atoms with Gasteiger partial charge < -0.3 is 13.9 Å². The molecular weight excluding hydrogens is 789 g/mol. The van der Waals surface area contributed by atoms with Crippen LogP contribution in [-0.2, 0) is 0 Å². The van der Waals surface area contributed by atoms with Gasteiger partial charge in [0.2, 0.25) is 0 Å². The van der Waals surface area contributed by atoms with Gasteiger partial charge in [-0.15, -0.1) is 0 Å². The Morgan fingerprint density at radius 1 is 0.308 bits per heavy atom. The van der Waals surface area contributed by atoms with Gasteiger partial charge in [-0.2, -0.15) is 0 Å². The molecule has 3 nitrogen and oxygen atoms in total. The lowest BCUT2D eigenvalue weighted by Gasteiger charge is -2.26. The van der Waals surface area contributed by atoms with Gasteiger partial charge in [-0.05, 0) is 128 Å². The zero-order valence-corrected chi connectivity index (χ0v) is 35.4. The van der Waals surface area contributed by atoms with Crippen LogP contribution in [0.3, 0.4) is 0 Å². The molecule has 3 heteroatoms. The quantitative estimate of drug-likeness (QED) is 0.149. The first kappa shape index (κ1) is 36.9. The smallest absolute Gasteiger partial charge is 0.143 e. The fraction of sp³-hybridized carbons (Fsp3) is 0. The van der Waals surface area contributed by atoms with E-state index in [9.17, 15) is 0 Å². The van der Waals surface area contributed by atoms with Gasteiger partial charge in [0.1, 0.15) is 11.2 Å². The van der Waals surface area contributed by atoms with Crippen LogP contribution in [0.25, 0.3) is 104 Å². The average molecular weight is 829 g/mol. The molecular formula is C62H40N2O. The highest BCUT2D eigenvalue weighted by atomic mass is 16.3. The minimum atomic E-state index is 0.889. The predicted octanol–water partition coefficient (Wildman–Crippen LogP) is 17.5. The second kappa shape index (κ2) is 15.0. The molecule has 0 fully saturated rings. The van der Waals surface area contributed by atoms with Crippen LogP contribution >= 0.6 is 0 Å². The summed E-state index contributed by atoms with van der Waals surface area (Å²) < 4.78 is 8.89. The zero-order chi connectivity index (χ0) is 42.8. The van der Waals surface area contributed by atoms with Crippen LogP contribution in [0.15, 0.2) is 247 Å². The third-order valence-corrected chi connectivity index (χ3v) is 13.2. The van der Waals surface area contributed by atoms with Crippen molar-refractivity contribution in [2.45, 2.75) is 0 Å². The van der Waals surface area contributed by atoms with E-state index in [-0.39, 0.29) is 0 Å². The van der Waals surface area contributed by atoms with Crippen molar-refractivity contribution in [1.29, 1.82) is 0 Å². The molecule has 2 heterocycles. The molecule has 13 aromatic rings. The number of aromatic nitrogens is 1. The first-order chi connectivity index (χ1) is 32.2. The molecule has 0 amide bonds. The highest BCUT2D eigenvalue weighted by Crippen LogP contribution is 2.41. The summed E-state index contributed by atoms with van der Waals surface area (Å²) in [4.78, 5) is 2.36. The van der Waals surface area contributed by atoms with Crippen molar-refractivity contribution in [3.05, 3.63) is 243 Å². The van der Waals surface area contributed by atoms with E-state index < -0.39 is 0 Å². The van der Waals surface area contributed by atoms with Crippen molar-refractivity contribution in [1.82, 2.24) is 4.57 Å². The van der Waals surface area contributed by atoms with Crippen LogP contribution in [-0.4, -0.2) is 4.57 Å². The molecule has 0 N–H and O–H groups in total. The molecule has 304 valence electrons. The number of hydrogen-bond donors (Lipinski definition) is 0. The van der Waals surface area contributed by atoms with Gasteiger partial charge in [-0.25, -0.2) is 0 Å². The van der Waals surface area contributed by atoms with E-state index in [1.54, 1.807) is 0 Å². The number of nitrogens with zero attached hydrogens (tertiary/aromatic N) is 2. The molecule has 11 aromatic carbocycles. The van der Waals surface area contributed by atoms with Crippen molar-refractivity contribution < 1.29 is 4.42 Å². The number of rotatable bonds is 7. The van der Waals surface area contributed by atoms with Gasteiger partial charge >= 0.3 is 0 Å². The van der Waals surface area contributed by atoms with Crippen LogP contribution in [0.1, 0.15) is 0 Å². The van der Waals surface area contributed by atoms with E-state index in [4.69, 9.17) is 4.42 Å². The Balaban J connectivity index is 0.892. The summed E-state index contributed by atoms with van der Waals surface area (Å²) >= 11 is 0. The molecule has 13 rings (SSSR count). The first-order valence-electron chi connectivity index (χ1n) is 22.2. The first-order valence-corrected chi connectivity index (χ1v) is 22.2. The second-order valence-corrected chi connectivity index (χ2v) is 16.9. The fourth-order valence-electron chi connectivity index (χ4n) is 10.0. The highest BCUT2D eigenvalue weighted by Gasteiger charge is 2.18. The third kappa shape index (κ3) is 6.20. The average Bonchev–Trinajstić information content (AvgIpc) is 3.93. The van der Waals surface area contributed by atoms with E-state index in [0.29, 0.717) is 0 Å². The van der Waals surface area contributed by atoms with Gasteiger partial charge in [0.15, 0.2) is 0 Å². The molecule has 0 unspecified atom stereocenters. The van der Waals surface area contributed by atoms with Gasteiger partial charge in [0.05, 0.1) is 11.0 Å². The summed E-state index contributed by atoms with van der Waals surface area (Å²) in [7, 11) is 0. The number of fused-ring (bicyclic) bond motifs is 9. The molecule has 0 radical (unpaired) electrons. The number of anilines is 3. The molecule has 2 aromatic heterocycles. The Labute approximate surface area is 376 Å². The lowest BCUT2D eigenvalue weighted by atomic mass is 9.97. The van der Waals surface area contributed by atoms with Crippen molar-refractivity contribution in [2.24, 2.45) is 0 Å². The minimum Gasteiger partial charge on any atom is -0.455 e. The largest absolute Gasteiger partial charge is 0.455 e. The number of furan rings is 1. The SMILES string of the molecule is c1ccc(-c2cccc3c2oc2ccc(-c4ccc(N(c5ccc(-c6ccc7ccc8ccccc8c7c6)cc5)c5ccc(-n6c7ccccc7c7ccccc76)cc5)cc4)cc23)cc1. The maximum atomic E-state index is 6.52. The fourth-order valence-corrected chi connectivity index (χ4v) is 10.0. The summed E-state index contributed by atoms with van der Waals surface area (Å²) in [5, 5.41) is 9.80. The maximum Gasteiger partial charge on any atom is 0.143 e. The highest BCUT2D eigenvalue weighted by molar-refractivity contribution is 6.12. The second-order valence-electron chi connectivity index (χ2n) is 16.9. The van der Waals surface area contributed by atoms with E-state index in [2.05, 4.69) is 246 Å². The molecule has 0 aliphatic carbocycles. The van der Waals surface area contributed by atoms with Crippen LogP contribution in [0, 0.1) is 0 Å². The molecule has 65 heavy (non-hydrogen) atoms.